The topological polar surface area (TPSA) is 116 Å². The molecule has 0 spiro atoms. The number of aliphatic carboxylic acids is 1. The van der Waals surface area contributed by atoms with E-state index in [4.69, 9.17) is 29.5 Å². The summed E-state index contributed by atoms with van der Waals surface area (Å²) in [5.41, 5.74) is 5.84. The Morgan fingerprint density at radius 2 is 1.88 bits per heavy atom. The zero-order chi connectivity index (χ0) is 28.9. The van der Waals surface area contributed by atoms with Crippen molar-refractivity contribution in [2.75, 3.05) is 26.9 Å². The Hall–Kier alpha value is -4.30. The van der Waals surface area contributed by atoms with Gasteiger partial charge in [0.2, 0.25) is 0 Å². The predicted octanol–water partition coefficient (Wildman–Crippen LogP) is 3.91. The highest BCUT2D eigenvalue weighted by Crippen LogP contribution is 2.38. The quantitative estimate of drug-likeness (QED) is 0.257. The van der Waals surface area contributed by atoms with Crippen molar-refractivity contribution < 1.29 is 36.9 Å². The first-order valence-electron chi connectivity index (χ1n) is 12.1. The molecule has 0 fully saturated rings. The number of ether oxygens (including phenoxy) is 2. The molecule has 0 radical (unpaired) electrons. The lowest BCUT2D eigenvalue weighted by atomic mass is 9.99. The number of aromatic nitrogens is 5. The Bertz CT molecular complexity index is 1460. The van der Waals surface area contributed by atoms with E-state index >= 15 is 0 Å². The largest absolute Gasteiger partial charge is 0.490 e. The molecule has 40 heavy (non-hydrogen) atoms. The van der Waals surface area contributed by atoms with E-state index in [2.05, 4.69) is 16.5 Å². The number of carbonyl (C=O) groups is 1. The van der Waals surface area contributed by atoms with Crippen LogP contribution in [-0.4, -0.2) is 68.7 Å². The fraction of sp³-hybridized carbons (Fsp3) is 0.308. The monoisotopic (exact) mass is 562 g/mol. The van der Waals surface area contributed by atoms with Gasteiger partial charge in [0.1, 0.15) is 23.9 Å². The fourth-order valence-electron chi connectivity index (χ4n) is 3.97. The molecule has 0 bridgehead atoms. The second-order valence-corrected chi connectivity index (χ2v) is 8.70. The SMILES string of the molecule is COCCOc1cc(F)ccc1-c1ccc(-c2cnn(C)c2)nc1-c1cc2n(n1)CCNC2.O=C(O)C(F)(F)F. The molecule has 0 saturated heterocycles. The molecule has 10 nitrogen and oxygen atoms in total. The van der Waals surface area contributed by atoms with E-state index in [9.17, 15) is 17.6 Å². The molecular weight excluding hydrogens is 536 g/mol. The van der Waals surface area contributed by atoms with Crippen molar-refractivity contribution >= 4 is 5.97 Å². The molecule has 0 saturated carbocycles. The molecule has 14 heteroatoms. The Balaban J connectivity index is 0.000000470. The maximum absolute atomic E-state index is 14.1. The number of rotatable bonds is 7. The van der Waals surface area contributed by atoms with Crippen LogP contribution in [0.25, 0.3) is 33.8 Å². The van der Waals surface area contributed by atoms with Gasteiger partial charge in [-0.1, -0.05) is 0 Å². The smallest absolute Gasteiger partial charge is 0.490 e. The van der Waals surface area contributed by atoms with Crippen LogP contribution < -0.4 is 10.1 Å². The summed E-state index contributed by atoms with van der Waals surface area (Å²) < 4.78 is 60.5. The van der Waals surface area contributed by atoms with Crippen LogP contribution in [0.15, 0.2) is 48.8 Å². The molecule has 4 heterocycles. The number of methoxy groups -OCH3 is 1. The van der Waals surface area contributed by atoms with Crippen LogP contribution in [0.3, 0.4) is 0 Å². The Labute approximate surface area is 226 Å². The van der Waals surface area contributed by atoms with Crippen LogP contribution in [0.4, 0.5) is 17.6 Å². The standard InChI is InChI=1S/C24H25FN6O2.C2HF3O2/c1-30-15-16(13-27-30)21-6-5-20(19-4-3-17(25)11-23(19)33-10-9-32-2)24(28-21)22-12-18-14-26-7-8-31(18)29-22;3-2(4,5)1(6)7/h3-6,11-13,15,26H,7-10,14H2,1-2H3;(H,6,7). The van der Waals surface area contributed by atoms with Gasteiger partial charge in [-0.05, 0) is 30.3 Å². The minimum Gasteiger partial charge on any atom is -0.490 e. The van der Waals surface area contributed by atoms with Crippen molar-refractivity contribution in [3.05, 3.63) is 60.3 Å². The molecule has 1 aromatic carbocycles. The maximum atomic E-state index is 14.1. The van der Waals surface area contributed by atoms with E-state index in [0.29, 0.717) is 24.7 Å². The summed E-state index contributed by atoms with van der Waals surface area (Å²) in [6, 6.07) is 10.5. The number of alkyl halides is 3. The third-order valence-electron chi connectivity index (χ3n) is 5.83. The number of pyridine rings is 1. The Morgan fingerprint density at radius 3 is 2.52 bits per heavy atom. The van der Waals surface area contributed by atoms with Gasteiger partial charge in [0.25, 0.3) is 0 Å². The van der Waals surface area contributed by atoms with E-state index < -0.39 is 12.1 Å². The first kappa shape index (κ1) is 28.7. The van der Waals surface area contributed by atoms with Crippen LogP contribution in [0.2, 0.25) is 0 Å². The molecule has 1 aliphatic heterocycles. The molecule has 4 aromatic rings. The van der Waals surface area contributed by atoms with Crippen LogP contribution in [0.1, 0.15) is 5.69 Å². The van der Waals surface area contributed by atoms with Crippen molar-refractivity contribution in [3.63, 3.8) is 0 Å². The van der Waals surface area contributed by atoms with E-state index in [-0.39, 0.29) is 5.82 Å². The van der Waals surface area contributed by atoms with Crippen molar-refractivity contribution in [1.29, 1.82) is 0 Å². The molecule has 5 rings (SSSR count). The highest BCUT2D eigenvalue weighted by atomic mass is 19.4. The summed E-state index contributed by atoms with van der Waals surface area (Å²) in [4.78, 5) is 13.9. The van der Waals surface area contributed by atoms with Gasteiger partial charge in [0.15, 0.2) is 0 Å². The van der Waals surface area contributed by atoms with Crippen LogP contribution in [0, 0.1) is 5.82 Å². The maximum Gasteiger partial charge on any atom is 0.490 e. The van der Waals surface area contributed by atoms with E-state index in [1.807, 2.05) is 30.1 Å². The Morgan fingerprint density at radius 1 is 1.12 bits per heavy atom. The summed E-state index contributed by atoms with van der Waals surface area (Å²) in [7, 11) is 3.47. The van der Waals surface area contributed by atoms with Crippen molar-refractivity contribution in [2.45, 2.75) is 19.3 Å². The zero-order valence-electron chi connectivity index (χ0n) is 21.6. The molecule has 212 valence electrons. The minimum atomic E-state index is -5.08. The van der Waals surface area contributed by atoms with E-state index in [1.54, 1.807) is 24.1 Å². The number of hydrogen-bond donors (Lipinski definition) is 2. The third-order valence-corrected chi connectivity index (χ3v) is 5.83. The van der Waals surface area contributed by atoms with Crippen LogP contribution in [0.5, 0.6) is 5.75 Å². The lowest BCUT2D eigenvalue weighted by Gasteiger charge is -2.15. The molecule has 3 aromatic heterocycles. The molecule has 2 N–H and O–H groups in total. The van der Waals surface area contributed by atoms with Gasteiger partial charge < -0.3 is 19.9 Å². The zero-order valence-corrected chi connectivity index (χ0v) is 21.6. The molecule has 0 unspecified atom stereocenters. The summed E-state index contributed by atoms with van der Waals surface area (Å²) in [5, 5.41) is 19.6. The highest BCUT2D eigenvalue weighted by molar-refractivity contribution is 5.84. The second-order valence-electron chi connectivity index (χ2n) is 8.70. The first-order valence-corrected chi connectivity index (χ1v) is 12.1. The average molecular weight is 563 g/mol. The van der Waals surface area contributed by atoms with Crippen molar-refractivity contribution in [3.8, 4) is 39.5 Å². The minimum absolute atomic E-state index is 0.313. The van der Waals surface area contributed by atoms with Crippen LogP contribution >= 0.6 is 0 Å². The number of carboxylic acid groups (broad SMARTS) is 1. The number of hydrogen-bond acceptors (Lipinski definition) is 7. The lowest BCUT2D eigenvalue weighted by Crippen LogP contribution is -2.28. The van der Waals surface area contributed by atoms with Gasteiger partial charge in [0.05, 0.1) is 36.4 Å². The van der Waals surface area contributed by atoms with Gasteiger partial charge in [0, 0.05) is 56.2 Å². The van der Waals surface area contributed by atoms with E-state index in [1.165, 1.54) is 12.1 Å². The lowest BCUT2D eigenvalue weighted by molar-refractivity contribution is -0.192. The average Bonchev–Trinajstić information content (AvgIpc) is 3.55. The number of nitrogens with zero attached hydrogens (tertiary/aromatic N) is 5. The highest BCUT2D eigenvalue weighted by Gasteiger charge is 2.38. The second kappa shape index (κ2) is 12.3. The van der Waals surface area contributed by atoms with Gasteiger partial charge in [-0.3, -0.25) is 9.36 Å². The molecule has 1 aliphatic rings. The molecular formula is C26H26F4N6O4. The van der Waals surface area contributed by atoms with Crippen molar-refractivity contribution in [1.82, 2.24) is 29.9 Å². The summed E-state index contributed by atoms with van der Waals surface area (Å²) in [6.07, 6.45) is -1.38. The summed E-state index contributed by atoms with van der Waals surface area (Å²) >= 11 is 0. The Kier molecular flexibility index (Phi) is 8.80. The third kappa shape index (κ3) is 6.82. The van der Waals surface area contributed by atoms with E-state index in [0.717, 1.165) is 53.4 Å². The normalized spacial score (nSPS) is 12.8. The molecule has 0 atom stereocenters. The van der Waals surface area contributed by atoms with Crippen LogP contribution in [-0.2, 0) is 29.7 Å². The van der Waals surface area contributed by atoms with Gasteiger partial charge >= 0.3 is 12.1 Å². The first-order chi connectivity index (χ1) is 19.1. The predicted molar refractivity (Wildman–Crippen MR) is 136 cm³/mol. The number of nitrogens with one attached hydrogen (secondary N) is 1. The molecule has 0 amide bonds. The number of benzene rings is 1. The van der Waals surface area contributed by atoms with Gasteiger partial charge in [-0.25, -0.2) is 14.2 Å². The number of fused-ring (bicyclic) bond motifs is 1. The van der Waals surface area contributed by atoms with Gasteiger partial charge in [-0.2, -0.15) is 23.4 Å². The van der Waals surface area contributed by atoms with Gasteiger partial charge in [-0.15, -0.1) is 0 Å². The number of carboxylic acids is 1. The fourth-order valence-corrected chi connectivity index (χ4v) is 3.97. The number of aryl methyl sites for hydroxylation is 1. The summed E-state index contributed by atoms with van der Waals surface area (Å²) in [6.45, 7) is 3.15. The summed E-state index contributed by atoms with van der Waals surface area (Å²) in [5.74, 6) is -2.68. The number of halogens is 4. The molecule has 0 aliphatic carbocycles. The van der Waals surface area contributed by atoms with Crippen molar-refractivity contribution in [2.24, 2.45) is 7.05 Å².